The number of ether oxygens (including phenoxy) is 1. The Labute approximate surface area is 112 Å². The van der Waals surface area contributed by atoms with Crippen LogP contribution in [0.2, 0.25) is 0 Å². The van der Waals surface area contributed by atoms with Crippen molar-refractivity contribution in [3.8, 4) is 0 Å². The predicted octanol–water partition coefficient (Wildman–Crippen LogP) is 3.57. The zero-order valence-electron chi connectivity index (χ0n) is 12.2. The second-order valence-corrected chi connectivity index (χ2v) is 5.01. The normalized spacial score (nSPS) is 14.4. The summed E-state index contributed by atoms with van der Waals surface area (Å²) in [4.78, 5) is 0. The fourth-order valence-corrected chi connectivity index (χ4v) is 2.37. The van der Waals surface area contributed by atoms with Gasteiger partial charge in [-0.1, -0.05) is 45.0 Å². The van der Waals surface area contributed by atoms with E-state index >= 15 is 0 Å². The van der Waals surface area contributed by atoms with Crippen molar-refractivity contribution >= 4 is 0 Å². The zero-order valence-corrected chi connectivity index (χ0v) is 12.2. The third-order valence-electron chi connectivity index (χ3n) is 3.30. The fourth-order valence-electron chi connectivity index (χ4n) is 2.37. The minimum Gasteiger partial charge on any atom is -0.384 e. The molecule has 0 fully saturated rings. The van der Waals surface area contributed by atoms with Gasteiger partial charge < -0.3 is 10.1 Å². The number of benzene rings is 1. The van der Waals surface area contributed by atoms with Crippen LogP contribution in [0.4, 0.5) is 0 Å². The Bertz CT molecular complexity index is 338. The Balaban J connectivity index is 2.75. The van der Waals surface area contributed by atoms with Crippen molar-refractivity contribution in [3.05, 3.63) is 35.4 Å². The second kappa shape index (κ2) is 8.28. The summed E-state index contributed by atoms with van der Waals surface area (Å²) in [6, 6.07) is 9.36. The Morgan fingerprint density at radius 2 is 2.06 bits per heavy atom. The molecule has 1 rings (SSSR count). The van der Waals surface area contributed by atoms with Crippen molar-refractivity contribution in [1.82, 2.24) is 5.32 Å². The third kappa shape index (κ3) is 4.79. The standard InChI is InChI=1S/C16H27NO/c1-5-14-8-7-9-15(11-14)16(17-6-2)10-13(3)12-18-4/h7-9,11,13,16-17H,5-6,10,12H2,1-4H3. The van der Waals surface area contributed by atoms with Crippen molar-refractivity contribution in [2.24, 2.45) is 5.92 Å². The molecule has 0 radical (unpaired) electrons. The van der Waals surface area contributed by atoms with Crippen LogP contribution in [0.1, 0.15) is 44.4 Å². The number of aryl methyl sites for hydroxylation is 1. The third-order valence-corrected chi connectivity index (χ3v) is 3.30. The van der Waals surface area contributed by atoms with E-state index in [1.807, 2.05) is 0 Å². The van der Waals surface area contributed by atoms with Crippen molar-refractivity contribution < 1.29 is 4.74 Å². The Morgan fingerprint density at radius 1 is 1.28 bits per heavy atom. The molecule has 0 saturated heterocycles. The van der Waals surface area contributed by atoms with E-state index in [9.17, 15) is 0 Å². The summed E-state index contributed by atoms with van der Waals surface area (Å²) in [6.45, 7) is 8.44. The molecule has 2 unspecified atom stereocenters. The van der Waals surface area contributed by atoms with Gasteiger partial charge in [-0.25, -0.2) is 0 Å². The van der Waals surface area contributed by atoms with E-state index < -0.39 is 0 Å². The van der Waals surface area contributed by atoms with Crippen molar-refractivity contribution in [3.63, 3.8) is 0 Å². The zero-order chi connectivity index (χ0) is 13.4. The van der Waals surface area contributed by atoms with Crippen LogP contribution in [-0.4, -0.2) is 20.3 Å². The number of methoxy groups -OCH3 is 1. The summed E-state index contributed by atoms with van der Waals surface area (Å²) in [5, 5.41) is 3.58. The molecule has 1 N–H and O–H groups in total. The molecule has 0 spiro atoms. The molecule has 0 amide bonds. The van der Waals surface area contributed by atoms with Crippen molar-refractivity contribution in [2.75, 3.05) is 20.3 Å². The molecular weight excluding hydrogens is 222 g/mol. The molecule has 2 atom stereocenters. The molecule has 1 aromatic carbocycles. The highest BCUT2D eigenvalue weighted by Crippen LogP contribution is 2.22. The van der Waals surface area contributed by atoms with Gasteiger partial charge >= 0.3 is 0 Å². The Morgan fingerprint density at radius 3 is 2.67 bits per heavy atom. The van der Waals surface area contributed by atoms with Crippen LogP contribution in [0.25, 0.3) is 0 Å². The number of rotatable bonds is 8. The highest BCUT2D eigenvalue weighted by Gasteiger charge is 2.14. The molecule has 102 valence electrons. The predicted molar refractivity (Wildman–Crippen MR) is 77.9 cm³/mol. The van der Waals surface area contributed by atoms with Crippen LogP contribution in [0.5, 0.6) is 0 Å². The van der Waals surface area contributed by atoms with Crippen LogP contribution < -0.4 is 5.32 Å². The molecule has 1 aromatic rings. The van der Waals surface area contributed by atoms with Gasteiger partial charge in [0, 0.05) is 19.8 Å². The number of hydrogen-bond donors (Lipinski definition) is 1. The SMILES string of the molecule is CCNC(CC(C)COC)c1cccc(CC)c1. The molecule has 0 aliphatic carbocycles. The lowest BCUT2D eigenvalue weighted by Gasteiger charge is -2.22. The monoisotopic (exact) mass is 249 g/mol. The molecular formula is C16H27NO. The largest absolute Gasteiger partial charge is 0.384 e. The maximum Gasteiger partial charge on any atom is 0.0488 e. The van der Waals surface area contributed by atoms with E-state index in [4.69, 9.17) is 4.74 Å². The first kappa shape index (κ1) is 15.2. The number of nitrogens with one attached hydrogen (secondary N) is 1. The summed E-state index contributed by atoms with van der Waals surface area (Å²) in [6.07, 6.45) is 2.22. The topological polar surface area (TPSA) is 21.3 Å². The van der Waals surface area contributed by atoms with Gasteiger partial charge in [0.1, 0.15) is 0 Å². The molecule has 0 aliphatic rings. The van der Waals surface area contributed by atoms with E-state index in [0.717, 1.165) is 26.0 Å². The van der Waals surface area contributed by atoms with Gasteiger partial charge in [0.25, 0.3) is 0 Å². The highest BCUT2D eigenvalue weighted by atomic mass is 16.5. The molecule has 0 bridgehead atoms. The lowest BCUT2D eigenvalue weighted by atomic mass is 9.94. The summed E-state index contributed by atoms with van der Waals surface area (Å²) in [7, 11) is 1.77. The van der Waals surface area contributed by atoms with Crippen molar-refractivity contribution in [2.45, 2.75) is 39.7 Å². The molecule has 0 heterocycles. The smallest absolute Gasteiger partial charge is 0.0488 e. The van der Waals surface area contributed by atoms with Crippen LogP contribution in [0, 0.1) is 5.92 Å². The summed E-state index contributed by atoms with van der Waals surface area (Å²) in [5.41, 5.74) is 2.81. The van der Waals surface area contributed by atoms with Gasteiger partial charge in [-0.15, -0.1) is 0 Å². The van der Waals surface area contributed by atoms with Gasteiger partial charge in [-0.2, -0.15) is 0 Å². The Hall–Kier alpha value is -0.860. The molecule has 2 heteroatoms. The lowest BCUT2D eigenvalue weighted by Crippen LogP contribution is -2.24. The minimum atomic E-state index is 0.437. The average Bonchev–Trinajstić information content (AvgIpc) is 2.38. The lowest BCUT2D eigenvalue weighted by molar-refractivity contribution is 0.149. The van der Waals surface area contributed by atoms with E-state index in [-0.39, 0.29) is 0 Å². The summed E-state index contributed by atoms with van der Waals surface area (Å²) in [5.74, 6) is 0.573. The first-order valence-electron chi connectivity index (χ1n) is 7.02. The molecule has 0 saturated carbocycles. The quantitative estimate of drug-likeness (QED) is 0.760. The first-order valence-corrected chi connectivity index (χ1v) is 7.02. The van der Waals surface area contributed by atoms with E-state index in [0.29, 0.717) is 12.0 Å². The van der Waals surface area contributed by atoms with E-state index in [2.05, 4.69) is 50.4 Å². The minimum absolute atomic E-state index is 0.437. The van der Waals surface area contributed by atoms with E-state index in [1.165, 1.54) is 11.1 Å². The number of hydrogen-bond acceptors (Lipinski definition) is 2. The van der Waals surface area contributed by atoms with Crippen LogP contribution in [0.3, 0.4) is 0 Å². The second-order valence-electron chi connectivity index (χ2n) is 5.01. The average molecular weight is 249 g/mol. The fraction of sp³-hybridized carbons (Fsp3) is 0.625. The molecule has 2 nitrogen and oxygen atoms in total. The summed E-state index contributed by atoms with van der Waals surface area (Å²) < 4.78 is 5.24. The molecule has 18 heavy (non-hydrogen) atoms. The molecule has 0 aliphatic heterocycles. The first-order chi connectivity index (χ1) is 8.71. The van der Waals surface area contributed by atoms with Crippen molar-refractivity contribution in [1.29, 1.82) is 0 Å². The maximum absolute atomic E-state index is 5.24. The van der Waals surface area contributed by atoms with Gasteiger partial charge in [0.05, 0.1) is 0 Å². The maximum atomic E-state index is 5.24. The van der Waals surface area contributed by atoms with Crippen LogP contribution >= 0.6 is 0 Å². The van der Waals surface area contributed by atoms with Gasteiger partial charge in [0.2, 0.25) is 0 Å². The molecule has 0 aromatic heterocycles. The summed E-state index contributed by atoms with van der Waals surface area (Å²) >= 11 is 0. The van der Waals surface area contributed by atoms with Crippen LogP contribution in [-0.2, 0) is 11.2 Å². The van der Waals surface area contributed by atoms with E-state index in [1.54, 1.807) is 7.11 Å². The van der Waals surface area contributed by atoms with Gasteiger partial charge in [0.15, 0.2) is 0 Å². The van der Waals surface area contributed by atoms with Crippen LogP contribution in [0.15, 0.2) is 24.3 Å². The Kier molecular flexibility index (Phi) is 6.99. The van der Waals surface area contributed by atoms with Gasteiger partial charge in [-0.05, 0) is 36.4 Å². The van der Waals surface area contributed by atoms with Gasteiger partial charge in [-0.3, -0.25) is 0 Å². The highest BCUT2D eigenvalue weighted by molar-refractivity contribution is 5.26.